The van der Waals surface area contributed by atoms with Gasteiger partial charge in [0.1, 0.15) is 0 Å². The summed E-state index contributed by atoms with van der Waals surface area (Å²) in [5.74, 6) is -0.601. The van der Waals surface area contributed by atoms with Crippen molar-refractivity contribution in [2.75, 3.05) is 10.6 Å². The predicted molar refractivity (Wildman–Crippen MR) is 113 cm³/mol. The average molecular weight is 384 g/mol. The zero-order valence-corrected chi connectivity index (χ0v) is 16.1. The molecule has 0 unspecified atom stereocenters. The largest absolute Gasteiger partial charge is 0.321 e. The lowest BCUT2D eigenvalue weighted by Gasteiger charge is -2.07. The van der Waals surface area contributed by atoms with Gasteiger partial charge in [0.25, 0.3) is 11.8 Å². The minimum atomic E-state index is -0.381. The van der Waals surface area contributed by atoms with Crippen molar-refractivity contribution in [2.45, 2.75) is 13.8 Å². The van der Waals surface area contributed by atoms with E-state index in [1.165, 1.54) is 0 Å². The molecule has 4 rings (SSSR count). The Balaban J connectivity index is 1.67. The summed E-state index contributed by atoms with van der Waals surface area (Å²) in [4.78, 5) is 30.0. The molecule has 2 amide bonds. The number of nitrogens with one attached hydrogen (secondary N) is 2. The molecule has 0 fully saturated rings. The van der Waals surface area contributed by atoms with Crippen molar-refractivity contribution in [3.63, 3.8) is 0 Å². The summed E-state index contributed by atoms with van der Waals surface area (Å²) < 4.78 is 1.62. The number of hydrogen-bond acceptors (Lipinski definition) is 3. The molecule has 0 spiro atoms. The molecule has 0 aliphatic heterocycles. The van der Waals surface area contributed by atoms with E-state index in [4.69, 9.17) is 0 Å². The van der Waals surface area contributed by atoms with Crippen LogP contribution in [0.5, 0.6) is 0 Å². The molecule has 4 aromatic rings. The molecule has 2 aromatic heterocycles. The number of rotatable bonds is 4. The van der Waals surface area contributed by atoms with Gasteiger partial charge in [0.2, 0.25) is 5.82 Å². The van der Waals surface area contributed by atoms with Crippen LogP contribution < -0.4 is 10.6 Å². The quantitative estimate of drug-likeness (QED) is 0.546. The molecule has 2 aromatic carbocycles. The number of aryl methyl sites for hydroxylation is 2. The van der Waals surface area contributed by atoms with E-state index in [0.717, 1.165) is 11.1 Å². The Kier molecular flexibility index (Phi) is 4.83. The van der Waals surface area contributed by atoms with Gasteiger partial charge in [-0.05, 0) is 61.4 Å². The summed E-state index contributed by atoms with van der Waals surface area (Å²) >= 11 is 0. The second kappa shape index (κ2) is 7.59. The van der Waals surface area contributed by atoms with Crippen LogP contribution in [0.15, 0.2) is 72.9 Å². The molecule has 144 valence electrons. The number of amides is 2. The summed E-state index contributed by atoms with van der Waals surface area (Å²) in [7, 11) is 0. The van der Waals surface area contributed by atoms with Gasteiger partial charge in [-0.25, -0.2) is 4.98 Å². The van der Waals surface area contributed by atoms with E-state index in [0.29, 0.717) is 16.9 Å². The van der Waals surface area contributed by atoms with Gasteiger partial charge in [-0.1, -0.05) is 30.3 Å². The number of anilines is 2. The van der Waals surface area contributed by atoms with Crippen LogP contribution in [0.2, 0.25) is 0 Å². The Bertz CT molecular complexity index is 1210. The smallest absolute Gasteiger partial charge is 0.292 e. The first-order valence-corrected chi connectivity index (χ1v) is 9.25. The zero-order chi connectivity index (χ0) is 20.4. The molecule has 2 N–H and O–H groups in total. The van der Waals surface area contributed by atoms with E-state index in [1.54, 1.807) is 40.9 Å². The molecular formula is C23H20N4O2. The lowest BCUT2D eigenvalue weighted by molar-refractivity contribution is 0.101. The van der Waals surface area contributed by atoms with Crippen LogP contribution in [-0.4, -0.2) is 21.2 Å². The Morgan fingerprint density at radius 3 is 2.28 bits per heavy atom. The second-order valence-corrected chi connectivity index (χ2v) is 6.81. The molecular weight excluding hydrogens is 364 g/mol. The topological polar surface area (TPSA) is 75.5 Å². The standard InChI is InChI=1S/C23H20N4O2/c1-15-11-12-18(14-16(15)2)25-23(29)21-26-20(19-10-6-7-13-27(19)21)22(28)24-17-8-4-3-5-9-17/h3-14H,1-2H3,(H,24,28)(H,25,29). The summed E-state index contributed by atoms with van der Waals surface area (Å²) in [5, 5.41) is 5.69. The van der Waals surface area contributed by atoms with Crippen LogP contribution in [0.3, 0.4) is 0 Å². The van der Waals surface area contributed by atoms with Crippen molar-refractivity contribution in [3.05, 3.63) is 95.6 Å². The fourth-order valence-electron chi connectivity index (χ4n) is 3.08. The normalized spacial score (nSPS) is 10.7. The van der Waals surface area contributed by atoms with Gasteiger partial charge in [0.15, 0.2) is 5.69 Å². The van der Waals surface area contributed by atoms with Crippen LogP contribution in [0, 0.1) is 13.8 Å². The second-order valence-electron chi connectivity index (χ2n) is 6.81. The molecule has 0 bridgehead atoms. The molecule has 0 saturated heterocycles. The van der Waals surface area contributed by atoms with Gasteiger partial charge in [-0.2, -0.15) is 0 Å². The van der Waals surface area contributed by atoms with Crippen molar-refractivity contribution < 1.29 is 9.59 Å². The van der Waals surface area contributed by atoms with Gasteiger partial charge < -0.3 is 10.6 Å². The number of benzene rings is 2. The number of aromatic nitrogens is 2. The first-order valence-electron chi connectivity index (χ1n) is 9.25. The van der Waals surface area contributed by atoms with E-state index in [-0.39, 0.29) is 23.3 Å². The molecule has 0 atom stereocenters. The number of para-hydroxylation sites is 1. The van der Waals surface area contributed by atoms with E-state index in [2.05, 4.69) is 15.6 Å². The average Bonchev–Trinajstić information content (AvgIpc) is 3.11. The predicted octanol–water partition coefficient (Wildman–Crippen LogP) is 4.46. The first-order chi connectivity index (χ1) is 14.0. The minimum absolute atomic E-state index is 0.150. The Hall–Kier alpha value is -3.93. The number of carbonyl (C=O) groups excluding carboxylic acids is 2. The Morgan fingerprint density at radius 2 is 1.52 bits per heavy atom. The van der Waals surface area contributed by atoms with Crippen LogP contribution in [0.1, 0.15) is 32.2 Å². The SMILES string of the molecule is Cc1ccc(NC(=O)c2nc(C(=O)Nc3ccccc3)c3ccccn23)cc1C. The molecule has 0 aliphatic rings. The lowest BCUT2D eigenvalue weighted by Crippen LogP contribution is -2.16. The molecule has 6 nitrogen and oxygen atoms in total. The minimum Gasteiger partial charge on any atom is -0.321 e. The molecule has 6 heteroatoms. The number of nitrogens with zero attached hydrogens (tertiary/aromatic N) is 2. The first kappa shape index (κ1) is 18.4. The highest BCUT2D eigenvalue weighted by Crippen LogP contribution is 2.18. The third-order valence-electron chi connectivity index (χ3n) is 4.76. The molecule has 29 heavy (non-hydrogen) atoms. The van der Waals surface area contributed by atoms with E-state index < -0.39 is 0 Å². The Labute approximate surface area is 168 Å². The lowest BCUT2D eigenvalue weighted by atomic mass is 10.1. The monoisotopic (exact) mass is 384 g/mol. The van der Waals surface area contributed by atoms with Crippen molar-refractivity contribution in [2.24, 2.45) is 0 Å². The summed E-state index contributed by atoms with van der Waals surface area (Å²) in [6.07, 6.45) is 1.72. The fourth-order valence-corrected chi connectivity index (χ4v) is 3.08. The third kappa shape index (κ3) is 3.73. The van der Waals surface area contributed by atoms with Crippen LogP contribution in [-0.2, 0) is 0 Å². The van der Waals surface area contributed by atoms with Gasteiger partial charge >= 0.3 is 0 Å². The van der Waals surface area contributed by atoms with Crippen LogP contribution in [0.25, 0.3) is 5.52 Å². The highest BCUT2D eigenvalue weighted by Gasteiger charge is 2.21. The van der Waals surface area contributed by atoms with Gasteiger partial charge in [-0.3, -0.25) is 14.0 Å². The third-order valence-corrected chi connectivity index (χ3v) is 4.76. The van der Waals surface area contributed by atoms with Crippen molar-refractivity contribution in [3.8, 4) is 0 Å². The van der Waals surface area contributed by atoms with E-state index >= 15 is 0 Å². The zero-order valence-electron chi connectivity index (χ0n) is 16.1. The highest BCUT2D eigenvalue weighted by molar-refractivity contribution is 6.10. The van der Waals surface area contributed by atoms with Gasteiger partial charge in [0, 0.05) is 17.6 Å². The Morgan fingerprint density at radius 1 is 0.793 bits per heavy atom. The van der Waals surface area contributed by atoms with E-state index in [1.807, 2.05) is 50.2 Å². The highest BCUT2D eigenvalue weighted by atomic mass is 16.2. The maximum atomic E-state index is 12.9. The maximum absolute atomic E-state index is 12.9. The van der Waals surface area contributed by atoms with Gasteiger partial charge in [0.05, 0.1) is 5.52 Å². The van der Waals surface area contributed by atoms with Crippen molar-refractivity contribution in [1.29, 1.82) is 0 Å². The van der Waals surface area contributed by atoms with Gasteiger partial charge in [-0.15, -0.1) is 0 Å². The fraction of sp³-hybridized carbons (Fsp3) is 0.0870. The van der Waals surface area contributed by atoms with Crippen LogP contribution in [0.4, 0.5) is 11.4 Å². The van der Waals surface area contributed by atoms with Crippen LogP contribution >= 0.6 is 0 Å². The molecule has 0 aliphatic carbocycles. The van der Waals surface area contributed by atoms with Crippen molar-refractivity contribution >= 4 is 28.7 Å². The summed E-state index contributed by atoms with van der Waals surface area (Å²) in [6, 6.07) is 20.2. The van der Waals surface area contributed by atoms with E-state index in [9.17, 15) is 9.59 Å². The number of imidazole rings is 1. The number of hydrogen-bond donors (Lipinski definition) is 2. The molecule has 0 saturated carbocycles. The molecule has 2 heterocycles. The molecule has 0 radical (unpaired) electrons. The van der Waals surface area contributed by atoms with Crippen molar-refractivity contribution in [1.82, 2.24) is 9.38 Å². The number of pyridine rings is 1. The number of carbonyl (C=O) groups is 2. The maximum Gasteiger partial charge on any atom is 0.292 e. The summed E-state index contributed by atoms with van der Waals surface area (Å²) in [6.45, 7) is 4.00. The number of fused-ring (bicyclic) bond motifs is 1. The summed E-state index contributed by atoms with van der Waals surface area (Å²) in [5.41, 5.74) is 4.33.